The molecule has 0 radical (unpaired) electrons. The highest BCUT2D eigenvalue weighted by molar-refractivity contribution is 5.67. The van der Waals surface area contributed by atoms with Crippen LogP contribution in [0, 0.1) is 12.3 Å². The Bertz CT molecular complexity index is 662. The van der Waals surface area contributed by atoms with Crippen molar-refractivity contribution in [3.63, 3.8) is 0 Å². The molecule has 2 rings (SSSR count). The number of imidazole rings is 1. The van der Waals surface area contributed by atoms with Crippen molar-refractivity contribution in [2.45, 2.75) is 32.4 Å². The molecule has 0 spiro atoms. The Hall–Kier alpha value is -2.75. The number of alkyl carbamates (subject to hydrolysis) is 1. The summed E-state index contributed by atoms with van der Waals surface area (Å²) in [5.41, 5.74) is -0.158. The van der Waals surface area contributed by atoms with E-state index in [1.54, 1.807) is 50.1 Å². The lowest BCUT2D eigenvalue weighted by atomic mass is 10.2. The van der Waals surface area contributed by atoms with Gasteiger partial charge in [-0.3, -0.25) is 0 Å². The van der Waals surface area contributed by atoms with E-state index < -0.39 is 11.7 Å². The fourth-order valence-electron chi connectivity index (χ4n) is 1.82. The van der Waals surface area contributed by atoms with Gasteiger partial charge in [0.1, 0.15) is 11.6 Å². The molecule has 7 heteroatoms. The first-order valence-corrected chi connectivity index (χ1v) is 6.76. The van der Waals surface area contributed by atoms with Crippen LogP contribution in [-0.2, 0) is 4.74 Å². The van der Waals surface area contributed by atoms with E-state index in [0.717, 1.165) is 0 Å². The number of hydrogen-bond acceptors (Lipinski definition) is 5. The second-order valence-electron chi connectivity index (χ2n) is 5.67. The predicted octanol–water partition coefficient (Wildman–Crippen LogP) is 1.97. The maximum atomic E-state index is 11.8. The van der Waals surface area contributed by atoms with Crippen LogP contribution in [0.25, 0.3) is 0 Å². The van der Waals surface area contributed by atoms with E-state index in [4.69, 9.17) is 15.7 Å². The molecule has 0 aliphatic carbocycles. The molecule has 0 aliphatic rings. The zero-order chi connectivity index (χ0) is 16.2. The Morgan fingerprint density at radius 1 is 1.59 bits per heavy atom. The first kappa shape index (κ1) is 15.6. The number of nitrogens with zero attached hydrogens (tertiary/aromatic N) is 3. The summed E-state index contributed by atoms with van der Waals surface area (Å²) in [6, 6.07) is 1.34. The fourth-order valence-corrected chi connectivity index (χ4v) is 1.82. The number of carbonyl (C=O) groups excluding carboxylic acids is 1. The molecule has 7 nitrogen and oxygen atoms in total. The van der Waals surface area contributed by atoms with Gasteiger partial charge in [-0.25, -0.2) is 9.78 Å². The quantitative estimate of drug-likeness (QED) is 0.873. The number of nitrogens with one attached hydrogen (secondary N) is 1. The van der Waals surface area contributed by atoms with E-state index in [9.17, 15) is 4.79 Å². The molecule has 0 aromatic carbocycles. The summed E-state index contributed by atoms with van der Waals surface area (Å²) in [7, 11) is 0. The minimum Gasteiger partial charge on any atom is -0.444 e. The number of rotatable bonds is 4. The van der Waals surface area contributed by atoms with E-state index >= 15 is 0 Å². The molecule has 0 aliphatic heterocycles. The van der Waals surface area contributed by atoms with E-state index in [0.29, 0.717) is 11.5 Å². The normalized spacial score (nSPS) is 12.5. The highest BCUT2D eigenvalue weighted by Gasteiger charge is 2.22. The molecular weight excluding hydrogens is 284 g/mol. The zero-order valence-electron chi connectivity index (χ0n) is 12.7. The van der Waals surface area contributed by atoms with Crippen molar-refractivity contribution in [2.75, 3.05) is 6.54 Å². The van der Waals surface area contributed by atoms with Gasteiger partial charge in [0, 0.05) is 25.0 Å². The summed E-state index contributed by atoms with van der Waals surface area (Å²) in [6.07, 6.45) is 9.81. The van der Waals surface area contributed by atoms with Crippen LogP contribution in [-0.4, -0.2) is 32.9 Å². The minimum absolute atomic E-state index is 0.254. The van der Waals surface area contributed by atoms with Crippen molar-refractivity contribution in [1.29, 1.82) is 0 Å². The van der Waals surface area contributed by atoms with Crippen LogP contribution in [0.5, 0.6) is 0 Å². The second-order valence-corrected chi connectivity index (χ2v) is 5.67. The SMILES string of the molecule is C#Cc1cc(C(CNC(=O)OC(C)(C)C)n2ccnc2)on1. The van der Waals surface area contributed by atoms with Crippen molar-refractivity contribution in [3.05, 3.63) is 36.2 Å². The van der Waals surface area contributed by atoms with Crippen molar-refractivity contribution >= 4 is 6.09 Å². The molecule has 2 heterocycles. The molecule has 1 N–H and O–H groups in total. The first-order valence-electron chi connectivity index (χ1n) is 6.76. The van der Waals surface area contributed by atoms with Crippen LogP contribution < -0.4 is 5.32 Å². The summed E-state index contributed by atoms with van der Waals surface area (Å²) in [4.78, 5) is 15.8. The Balaban J connectivity index is 2.10. The summed E-state index contributed by atoms with van der Waals surface area (Å²) < 4.78 is 12.2. The lowest BCUT2D eigenvalue weighted by Crippen LogP contribution is -2.36. The first-order chi connectivity index (χ1) is 10.4. The third kappa shape index (κ3) is 4.12. The smallest absolute Gasteiger partial charge is 0.407 e. The van der Waals surface area contributed by atoms with Crippen LogP contribution in [0.4, 0.5) is 4.79 Å². The minimum atomic E-state index is -0.558. The van der Waals surface area contributed by atoms with Gasteiger partial charge >= 0.3 is 6.09 Å². The average molecular weight is 302 g/mol. The Morgan fingerprint density at radius 3 is 2.91 bits per heavy atom. The van der Waals surface area contributed by atoms with Gasteiger partial charge in [-0.15, -0.1) is 6.42 Å². The third-order valence-electron chi connectivity index (χ3n) is 2.73. The van der Waals surface area contributed by atoms with Crippen LogP contribution in [0.3, 0.4) is 0 Å². The topological polar surface area (TPSA) is 82.2 Å². The van der Waals surface area contributed by atoms with Crippen LogP contribution in [0.2, 0.25) is 0 Å². The largest absolute Gasteiger partial charge is 0.444 e. The summed E-state index contributed by atoms with van der Waals surface area (Å²) >= 11 is 0. The number of carbonyl (C=O) groups is 1. The van der Waals surface area contributed by atoms with Gasteiger partial charge in [-0.05, 0) is 26.7 Å². The molecule has 2 aromatic heterocycles. The maximum Gasteiger partial charge on any atom is 0.407 e. The fraction of sp³-hybridized carbons (Fsp3) is 0.400. The van der Waals surface area contributed by atoms with Gasteiger partial charge in [-0.1, -0.05) is 5.16 Å². The van der Waals surface area contributed by atoms with Crippen molar-refractivity contribution in [3.8, 4) is 12.3 Å². The molecule has 2 aromatic rings. The highest BCUT2D eigenvalue weighted by atomic mass is 16.6. The molecule has 0 saturated carbocycles. The predicted molar refractivity (Wildman–Crippen MR) is 79.0 cm³/mol. The molecule has 1 amide bonds. The van der Waals surface area contributed by atoms with Gasteiger partial charge < -0.3 is 19.1 Å². The van der Waals surface area contributed by atoms with E-state index in [2.05, 4.69) is 21.4 Å². The number of hydrogen-bond donors (Lipinski definition) is 1. The van der Waals surface area contributed by atoms with Crippen LogP contribution in [0.1, 0.15) is 38.3 Å². The lowest BCUT2D eigenvalue weighted by molar-refractivity contribution is 0.0521. The Kier molecular flexibility index (Phi) is 4.51. The number of terminal acetylenes is 1. The Morgan fingerprint density at radius 2 is 2.36 bits per heavy atom. The second kappa shape index (κ2) is 6.35. The maximum absolute atomic E-state index is 11.8. The van der Waals surface area contributed by atoms with E-state index in [1.807, 2.05) is 0 Å². The number of amides is 1. The van der Waals surface area contributed by atoms with Crippen LogP contribution >= 0.6 is 0 Å². The van der Waals surface area contributed by atoms with Crippen molar-refractivity contribution < 1.29 is 14.1 Å². The lowest BCUT2D eigenvalue weighted by Gasteiger charge is -2.21. The molecule has 22 heavy (non-hydrogen) atoms. The average Bonchev–Trinajstić information content (AvgIpc) is 3.07. The van der Waals surface area contributed by atoms with E-state index in [-0.39, 0.29) is 12.6 Å². The molecule has 0 fully saturated rings. The summed E-state index contributed by atoms with van der Waals surface area (Å²) in [5.74, 6) is 2.93. The number of aromatic nitrogens is 3. The van der Waals surface area contributed by atoms with E-state index in [1.165, 1.54) is 0 Å². The summed E-state index contributed by atoms with van der Waals surface area (Å²) in [5, 5.41) is 6.47. The van der Waals surface area contributed by atoms with Gasteiger partial charge in [0.15, 0.2) is 11.5 Å². The highest BCUT2D eigenvalue weighted by Crippen LogP contribution is 2.18. The number of ether oxygens (including phenoxy) is 1. The molecule has 1 unspecified atom stereocenters. The van der Waals surface area contributed by atoms with Gasteiger partial charge in [0.05, 0.1) is 6.33 Å². The van der Waals surface area contributed by atoms with Gasteiger partial charge in [0.25, 0.3) is 0 Å². The van der Waals surface area contributed by atoms with Crippen molar-refractivity contribution in [2.24, 2.45) is 0 Å². The van der Waals surface area contributed by atoms with Crippen molar-refractivity contribution in [1.82, 2.24) is 20.0 Å². The van der Waals surface area contributed by atoms with Crippen LogP contribution in [0.15, 0.2) is 29.3 Å². The monoisotopic (exact) mass is 302 g/mol. The third-order valence-corrected chi connectivity index (χ3v) is 2.73. The molecule has 0 bridgehead atoms. The molecular formula is C15H18N4O3. The van der Waals surface area contributed by atoms with Gasteiger partial charge in [0.2, 0.25) is 0 Å². The molecule has 116 valence electrons. The Labute approximate surface area is 128 Å². The zero-order valence-corrected chi connectivity index (χ0v) is 12.7. The summed E-state index contributed by atoms with van der Waals surface area (Å²) in [6.45, 7) is 5.66. The molecule has 1 atom stereocenters. The molecule has 0 saturated heterocycles. The standard InChI is InChI=1S/C15H18N4O3/c1-5-11-8-13(22-18-11)12(19-7-6-16-10-19)9-17-14(20)21-15(2,3)4/h1,6-8,10,12H,9H2,2-4H3,(H,17,20). The van der Waals surface area contributed by atoms with Gasteiger partial charge in [-0.2, -0.15) is 0 Å².